The fraction of sp³-hybridized carbons (Fsp3) is 0.273. The second kappa shape index (κ2) is 12.9. The second-order valence-corrected chi connectivity index (χ2v) is 10.9. The summed E-state index contributed by atoms with van der Waals surface area (Å²) in [6.45, 7) is 6.62. The number of aromatic nitrogens is 4. The molecule has 1 atom stereocenters. The lowest BCUT2D eigenvalue weighted by Crippen LogP contribution is -2.51. The average molecular weight is 613 g/mol. The summed E-state index contributed by atoms with van der Waals surface area (Å²) in [4.78, 5) is 36.3. The molecular weight excluding hydrogens is 580 g/mol. The van der Waals surface area contributed by atoms with E-state index < -0.39 is 0 Å². The zero-order valence-corrected chi connectivity index (χ0v) is 25.4. The minimum atomic E-state index is -0.261. The molecule has 0 N–H and O–H groups in total. The Hall–Kier alpha value is -4.67. The molecule has 1 aliphatic heterocycles. The highest BCUT2D eigenvalue weighted by molar-refractivity contribution is 6.30. The lowest BCUT2D eigenvalue weighted by molar-refractivity contribution is -0.135. The first-order valence-corrected chi connectivity index (χ1v) is 15.0. The maximum absolute atomic E-state index is 14.2. The number of hydrogen-bond donors (Lipinski definition) is 0. The van der Waals surface area contributed by atoms with Crippen molar-refractivity contribution in [3.05, 3.63) is 106 Å². The Bertz CT molecular complexity index is 1810. The van der Waals surface area contributed by atoms with Crippen LogP contribution in [0.15, 0.2) is 89.9 Å². The molecule has 6 rings (SSSR count). The van der Waals surface area contributed by atoms with Crippen molar-refractivity contribution in [3.63, 3.8) is 0 Å². The second-order valence-electron chi connectivity index (χ2n) is 10.5. The van der Waals surface area contributed by atoms with Crippen LogP contribution in [0, 0.1) is 0 Å². The van der Waals surface area contributed by atoms with Gasteiger partial charge in [-0.15, -0.1) is 0 Å². The maximum Gasteiger partial charge on any atom is 0.269 e. The van der Waals surface area contributed by atoms with Gasteiger partial charge in [0.25, 0.3) is 11.5 Å². The van der Waals surface area contributed by atoms with Crippen molar-refractivity contribution in [1.82, 2.24) is 29.1 Å². The molecule has 0 spiro atoms. The predicted octanol–water partition coefficient (Wildman–Crippen LogP) is 4.91. The summed E-state index contributed by atoms with van der Waals surface area (Å²) < 4.78 is 15.0. The highest BCUT2D eigenvalue weighted by atomic mass is 35.5. The van der Waals surface area contributed by atoms with E-state index in [4.69, 9.17) is 26.1 Å². The molecule has 1 aliphatic rings. The van der Waals surface area contributed by atoms with Gasteiger partial charge >= 0.3 is 0 Å². The molecule has 44 heavy (non-hydrogen) atoms. The smallest absolute Gasteiger partial charge is 0.269 e. The van der Waals surface area contributed by atoms with E-state index in [-0.39, 0.29) is 24.1 Å². The molecule has 1 saturated heterocycles. The van der Waals surface area contributed by atoms with Crippen LogP contribution in [-0.4, -0.2) is 74.4 Å². The van der Waals surface area contributed by atoms with Crippen LogP contribution in [-0.2, 0) is 4.79 Å². The van der Waals surface area contributed by atoms with Crippen LogP contribution in [0.1, 0.15) is 25.7 Å². The molecule has 10 nitrogen and oxygen atoms in total. The molecule has 0 bridgehead atoms. The molecule has 1 unspecified atom stereocenters. The molecule has 1 fully saturated rings. The van der Waals surface area contributed by atoms with Gasteiger partial charge in [0.2, 0.25) is 0 Å². The SMILES string of the molecule is CCOc1ccccc1-n1c(C(C)N2CCN(C(=O)COc3ccc(Cl)cc3)CC2)nc2c(cnn2-c2ccccc2)c1=O. The van der Waals surface area contributed by atoms with E-state index in [0.717, 1.165) is 5.69 Å². The molecule has 0 radical (unpaired) electrons. The third-order valence-corrected chi connectivity index (χ3v) is 8.05. The van der Waals surface area contributed by atoms with Gasteiger partial charge in [0, 0.05) is 31.2 Å². The first kappa shape index (κ1) is 29.4. The van der Waals surface area contributed by atoms with Gasteiger partial charge < -0.3 is 14.4 Å². The molecule has 11 heteroatoms. The number of para-hydroxylation sites is 3. The standard InChI is InChI=1S/C33H33ClN6O4/c1-3-43-29-12-8-7-11-28(29)39-31(36-32-27(33(39)42)21-35-40(32)25-9-5-4-6-10-25)23(2)37-17-19-38(20-18-37)30(41)22-44-26-15-13-24(34)14-16-26/h4-16,21,23H,3,17-20,22H2,1-2H3. The Balaban J connectivity index is 1.30. The number of carbonyl (C=O) groups excluding carboxylic acids is 1. The zero-order chi connectivity index (χ0) is 30.6. The van der Waals surface area contributed by atoms with Crippen LogP contribution in [0.5, 0.6) is 11.5 Å². The molecule has 3 heterocycles. The van der Waals surface area contributed by atoms with Crippen molar-refractivity contribution in [3.8, 4) is 22.9 Å². The van der Waals surface area contributed by atoms with Gasteiger partial charge in [-0.05, 0) is 62.4 Å². The number of hydrogen-bond acceptors (Lipinski definition) is 7. The molecule has 3 aromatic carbocycles. The van der Waals surface area contributed by atoms with Gasteiger partial charge in [-0.2, -0.15) is 5.10 Å². The first-order chi connectivity index (χ1) is 21.4. The van der Waals surface area contributed by atoms with E-state index in [2.05, 4.69) is 10.00 Å². The monoisotopic (exact) mass is 612 g/mol. The van der Waals surface area contributed by atoms with Crippen LogP contribution in [0.4, 0.5) is 0 Å². The molecule has 5 aromatic rings. The number of ether oxygens (including phenoxy) is 2. The Labute approximate surface area is 260 Å². The molecule has 1 amide bonds. The summed E-state index contributed by atoms with van der Waals surface area (Å²) in [5.74, 6) is 1.68. The molecule has 226 valence electrons. The lowest BCUT2D eigenvalue weighted by Gasteiger charge is -2.38. The van der Waals surface area contributed by atoms with Crippen molar-refractivity contribution < 1.29 is 14.3 Å². The number of carbonyl (C=O) groups is 1. The number of nitrogens with zero attached hydrogens (tertiary/aromatic N) is 6. The van der Waals surface area contributed by atoms with E-state index in [1.165, 1.54) is 0 Å². The van der Waals surface area contributed by atoms with Gasteiger partial charge in [0.15, 0.2) is 12.3 Å². The van der Waals surface area contributed by atoms with Crippen LogP contribution in [0.25, 0.3) is 22.4 Å². The summed E-state index contributed by atoms with van der Waals surface area (Å²) in [6.07, 6.45) is 1.57. The van der Waals surface area contributed by atoms with E-state index >= 15 is 0 Å². The minimum absolute atomic E-state index is 0.0490. The van der Waals surface area contributed by atoms with E-state index in [0.29, 0.717) is 71.9 Å². The third-order valence-electron chi connectivity index (χ3n) is 7.80. The fourth-order valence-electron chi connectivity index (χ4n) is 5.46. The summed E-state index contributed by atoms with van der Waals surface area (Å²) >= 11 is 5.94. The van der Waals surface area contributed by atoms with E-state index in [9.17, 15) is 9.59 Å². The number of amides is 1. The summed E-state index contributed by atoms with van der Waals surface area (Å²) in [5, 5.41) is 5.56. The van der Waals surface area contributed by atoms with E-state index in [1.54, 1.807) is 44.6 Å². The highest BCUT2D eigenvalue weighted by Crippen LogP contribution is 2.29. The Kier molecular flexibility index (Phi) is 8.63. The fourth-order valence-corrected chi connectivity index (χ4v) is 5.59. The Morgan fingerprint density at radius 1 is 0.932 bits per heavy atom. The van der Waals surface area contributed by atoms with E-state index in [1.807, 2.05) is 68.4 Å². The van der Waals surface area contributed by atoms with Gasteiger partial charge in [0.1, 0.15) is 22.7 Å². The summed E-state index contributed by atoms with van der Waals surface area (Å²) in [6, 6.07) is 23.8. The van der Waals surface area contributed by atoms with Gasteiger partial charge in [-0.3, -0.25) is 19.1 Å². The minimum Gasteiger partial charge on any atom is -0.492 e. The maximum atomic E-state index is 14.2. The van der Waals surface area contributed by atoms with Crippen molar-refractivity contribution in [1.29, 1.82) is 0 Å². The Morgan fingerprint density at radius 2 is 1.64 bits per heavy atom. The van der Waals surface area contributed by atoms with Crippen LogP contribution < -0.4 is 15.0 Å². The van der Waals surface area contributed by atoms with Crippen LogP contribution >= 0.6 is 11.6 Å². The topological polar surface area (TPSA) is 94.7 Å². The average Bonchev–Trinajstić information content (AvgIpc) is 3.49. The number of halogens is 1. The normalized spacial score (nSPS) is 14.5. The first-order valence-electron chi connectivity index (χ1n) is 14.6. The summed E-state index contributed by atoms with van der Waals surface area (Å²) in [7, 11) is 0. The number of benzene rings is 3. The third kappa shape index (κ3) is 5.91. The molecule has 2 aromatic heterocycles. The highest BCUT2D eigenvalue weighted by Gasteiger charge is 2.30. The number of fused-ring (bicyclic) bond motifs is 1. The molecule has 0 aliphatic carbocycles. The van der Waals surface area contributed by atoms with Crippen LogP contribution in [0.3, 0.4) is 0 Å². The lowest BCUT2D eigenvalue weighted by atomic mass is 10.2. The predicted molar refractivity (Wildman–Crippen MR) is 169 cm³/mol. The van der Waals surface area contributed by atoms with Gasteiger partial charge in [-0.25, -0.2) is 9.67 Å². The molecular formula is C33H33ClN6O4. The Morgan fingerprint density at radius 3 is 2.36 bits per heavy atom. The van der Waals surface area contributed by atoms with Crippen molar-refractivity contribution in [2.45, 2.75) is 19.9 Å². The van der Waals surface area contributed by atoms with Crippen molar-refractivity contribution >= 4 is 28.5 Å². The largest absolute Gasteiger partial charge is 0.492 e. The van der Waals surface area contributed by atoms with Crippen LogP contribution in [0.2, 0.25) is 5.02 Å². The zero-order valence-electron chi connectivity index (χ0n) is 24.6. The van der Waals surface area contributed by atoms with Gasteiger partial charge in [-0.1, -0.05) is 41.9 Å². The van der Waals surface area contributed by atoms with Crippen molar-refractivity contribution in [2.24, 2.45) is 0 Å². The quantitative estimate of drug-likeness (QED) is 0.233. The van der Waals surface area contributed by atoms with Gasteiger partial charge in [0.05, 0.1) is 30.2 Å². The number of rotatable bonds is 9. The molecule has 0 saturated carbocycles. The van der Waals surface area contributed by atoms with Crippen molar-refractivity contribution in [2.75, 3.05) is 39.4 Å². The number of piperazine rings is 1. The summed E-state index contributed by atoms with van der Waals surface area (Å²) in [5.41, 5.74) is 1.70.